The number of aryl methyl sites for hydroxylation is 2. The van der Waals surface area contributed by atoms with E-state index < -0.39 is 12.1 Å². The van der Waals surface area contributed by atoms with E-state index in [4.69, 9.17) is 14.9 Å². The largest absolute Gasteiger partial charge is 0.491 e. The van der Waals surface area contributed by atoms with E-state index >= 15 is 0 Å². The summed E-state index contributed by atoms with van der Waals surface area (Å²) >= 11 is 0. The Morgan fingerprint density at radius 1 is 1.21 bits per heavy atom. The minimum absolute atomic E-state index is 0.166. The van der Waals surface area contributed by atoms with Gasteiger partial charge in [0.05, 0.1) is 19.3 Å². The van der Waals surface area contributed by atoms with E-state index in [9.17, 15) is 5.11 Å². The highest BCUT2D eigenvalue weighted by Gasteiger charge is 2.10. The van der Waals surface area contributed by atoms with Crippen LogP contribution in [0.3, 0.4) is 0 Å². The third kappa shape index (κ3) is 5.57. The molecule has 0 amide bonds. The summed E-state index contributed by atoms with van der Waals surface area (Å²) in [6, 6.07) is 5.51. The number of benzene rings is 1. The van der Waals surface area contributed by atoms with E-state index in [0.29, 0.717) is 0 Å². The van der Waals surface area contributed by atoms with Crippen LogP contribution in [-0.2, 0) is 0 Å². The molecule has 1 aromatic rings. The Morgan fingerprint density at radius 3 is 2.53 bits per heavy atom. The second-order valence-electron chi connectivity index (χ2n) is 4.70. The predicted molar refractivity (Wildman–Crippen MR) is 73.4 cm³/mol. The van der Waals surface area contributed by atoms with Crippen molar-refractivity contribution in [1.82, 2.24) is 5.32 Å². The van der Waals surface area contributed by atoms with Crippen LogP contribution in [0.1, 0.15) is 11.1 Å². The number of ether oxygens (including phenoxy) is 1. The molecule has 1 rings (SSSR count). The van der Waals surface area contributed by atoms with Crippen molar-refractivity contribution in [3.05, 3.63) is 29.3 Å². The number of aliphatic hydroxyl groups excluding tert-OH is 3. The van der Waals surface area contributed by atoms with Crippen LogP contribution in [0, 0.1) is 13.8 Å². The predicted octanol–water partition coefficient (Wildman–Crippen LogP) is -0.0141. The van der Waals surface area contributed by atoms with Gasteiger partial charge >= 0.3 is 0 Å². The highest BCUT2D eigenvalue weighted by atomic mass is 16.5. The van der Waals surface area contributed by atoms with Gasteiger partial charge in [0.25, 0.3) is 0 Å². The second-order valence-corrected chi connectivity index (χ2v) is 4.70. The van der Waals surface area contributed by atoms with Crippen molar-refractivity contribution in [2.24, 2.45) is 0 Å². The normalized spacial score (nSPS) is 12.7. The van der Waals surface area contributed by atoms with Gasteiger partial charge in [-0.15, -0.1) is 0 Å². The number of nitrogens with one attached hydrogen (secondary N) is 1. The fourth-order valence-electron chi connectivity index (χ4n) is 1.60. The van der Waals surface area contributed by atoms with E-state index in [0.717, 1.165) is 16.9 Å². The maximum Gasteiger partial charge on any atom is 0.122 e. The number of aliphatic hydroxyl groups is 3. The van der Waals surface area contributed by atoms with E-state index in [1.54, 1.807) is 0 Å². The summed E-state index contributed by atoms with van der Waals surface area (Å²) in [5, 5.41) is 30.4. The maximum atomic E-state index is 9.76. The quantitative estimate of drug-likeness (QED) is 0.533. The van der Waals surface area contributed by atoms with Crippen LogP contribution >= 0.6 is 0 Å². The van der Waals surface area contributed by atoms with Crippen LogP contribution < -0.4 is 10.1 Å². The molecule has 1 aromatic carbocycles. The lowest BCUT2D eigenvalue weighted by Gasteiger charge is -2.18. The molecular weight excluding hydrogens is 246 g/mol. The zero-order chi connectivity index (χ0) is 14.3. The van der Waals surface area contributed by atoms with Crippen molar-refractivity contribution in [2.45, 2.75) is 26.0 Å². The summed E-state index contributed by atoms with van der Waals surface area (Å²) in [7, 11) is 0. The first-order chi connectivity index (χ1) is 9.06. The molecule has 0 saturated heterocycles. The Hall–Kier alpha value is -1.14. The summed E-state index contributed by atoms with van der Waals surface area (Å²) < 4.78 is 5.56. The molecule has 0 bridgehead atoms. The fourth-order valence-corrected chi connectivity index (χ4v) is 1.60. The summed E-state index contributed by atoms with van der Waals surface area (Å²) in [5.41, 5.74) is 2.13. The molecule has 0 fully saturated rings. The van der Waals surface area contributed by atoms with Gasteiger partial charge in [0.1, 0.15) is 18.5 Å². The molecule has 4 N–H and O–H groups in total. The molecule has 1 unspecified atom stereocenters. The van der Waals surface area contributed by atoms with Gasteiger partial charge in [-0.05, 0) is 31.0 Å². The van der Waals surface area contributed by atoms with Crippen LogP contribution in [0.2, 0.25) is 0 Å². The van der Waals surface area contributed by atoms with Crippen molar-refractivity contribution < 1.29 is 20.1 Å². The molecule has 0 aliphatic rings. The molecule has 0 heterocycles. The Kier molecular flexibility index (Phi) is 6.80. The first kappa shape index (κ1) is 15.9. The lowest BCUT2D eigenvalue weighted by molar-refractivity contribution is 0.0926. The Bertz CT molecular complexity index is 380. The topological polar surface area (TPSA) is 82.0 Å². The van der Waals surface area contributed by atoms with Crippen LogP contribution in [0.15, 0.2) is 18.2 Å². The smallest absolute Gasteiger partial charge is 0.122 e. The van der Waals surface area contributed by atoms with Gasteiger partial charge in [0.15, 0.2) is 0 Å². The first-order valence-corrected chi connectivity index (χ1v) is 6.40. The summed E-state index contributed by atoms with van der Waals surface area (Å²) in [4.78, 5) is 0. The SMILES string of the molecule is Cc1ccc(C)c(OCC(O)CNC(CO)CO)c1. The minimum atomic E-state index is -0.694. The molecule has 0 aromatic heterocycles. The summed E-state index contributed by atoms with van der Waals surface area (Å²) in [6.07, 6.45) is -0.694. The lowest BCUT2D eigenvalue weighted by atomic mass is 10.1. The Labute approximate surface area is 113 Å². The third-order valence-corrected chi connectivity index (χ3v) is 2.86. The van der Waals surface area contributed by atoms with Gasteiger partial charge in [0.2, 0.25) is 0 Å². The zero-order valence-corrected chi connectivity index (χ0v) is 11.5. The number of rotatable bonds is 8. The van der Waals surface area contributed by atoms with Crippen molar-refractivity contribution in [2.75, 3.05) is 26.4 Å². The van der Waals surface area contributed by atoms with Crippen molar-refractivity contribution in [1.29, 1.82) is 0 Å². The average Bonchev–Trinajstić information content (AvgIpc) is 2.41. The highest BCUT2D eigenvalue weighted by molar-refractivity contribution is 5.35. The number of hydrogen-bond acceptors (Lipinski definition) is 5. The molecular formula is C14H23NO4. The molecule has 108 valence electrons. The van der Waals surface area contributed by atoms with Crippen LogP contribution in [-0.4, -0.2) is 53.8 Å². The van der Waals surface area contributed by atoms with E-state index in [1.807, 2.05) is 32.0 Å². The van der Waals surface area contributed by atoms with Gasteiger partial charge in [-0.1, -0.05) is 12.1 Å². The summed E-state index contributed by atoms with van der Waals surface area (Å²) in [6.45, 7) is 4.03. The van der Waals surface area contributed by atoms with E-state index in [1.165, 1.54) is 0 Å². The van der Waals surface area contributed by atoms with Gasteiger partial charge in [-0.3, -0.25) is 0 Å². The molecule has 1 atom stereocenters. The Balaban J connectivity index is 2.37. The maximum absolute atomic E-state index is 9.76. The lowest BCUT2D eigenvalue weighted by Crippen LogP contribution is -2.41. The van der Waals surface area contributed by atoms with Crippen molar-refractivity contribution >= 4 is 0 Å². The molecule has 5 nitrogen and oxygen atoms in total. The van der Waals surface area contributed by atoms with Crippen LogP contribution in [0.25, 0.3) is 0 Å². The third-order valence-electron chi connectivity index (χ3n) is 2.86. The summed E-state index contributed by atoms with van der Waals surface area (Å²) in [5.74, 6) is 0.764. The molecule has 0 aliphatic heterocycles. The van der Waals surface area contributed by atoms with Crippen LogP contribution in [0.4, 0.5) is 0 Å². The molecule has 0 spiro atoms. The molecule has 0 radical (unpaired) electrons. The van der Waals surface area contributed by atoms with Crippen molar-refractivity contribution in [3.63, 3.8) is 0 Å². The second kappa shape index (κ2) is 8.12. The Morgan fingerprint density at radius 2 is 1.89 bits per heavy atom. The zero-order valence-electron chi connectivity index (χ0n) is 11.5. The molecule has 5 heteroatoms. The average molecular weight is 269 g/mol. The van der Waals surface area contributed by atoms with Gasteiger partial charge < -0.3 is 25.4 Å². The first-order valence-electron chi connectivity index (χ1n) is 6.40. The fraction of sp³-hybridized carbons (Fsp3) is 0.571. The van der Waals surface area contributed by atoms with Gasteiger partial charge in [0, 0.05) is 6.54 Å². The molecule has 0 saturated carbocycles. The van der Waals surface area contributed by atoms with Gasteiger partial charge in [-0.2, -0.15) is 0 Å². The molecule has 19 heavy (non-hydrogen) atoms. The van der Waals surface area contributed by atoms with E-state index in [2.05, 4.69) is 5.32 Å². The van der Waals surface area contributed by atoms with Crippen molar-refractivity contribution in [3.8, 4) is 5.75 Å². The standard InChI is InChI=1S/C14H23NO4/c1-10-3-4-11(2)14(5-10)19-9-13(18)6-15-12(7-16)8-17/h3-5,12-13,15-18H,6-9H2,1-2H3. The minimum Gasteiger partial charge on any atom is -0.491 e. The number of hydrogen-bond donors (Lipinski definition) is 4. The molecule has 0 aliphatic carbocycles. The van der Waals surface area contributed by atoms with E-state index in [-0.39, 0.29) is 26.4 Å². The van der Waals surface area contributed by atoms with Gasteiger partial charge in [-0.25, -0.2) is 0 Å². The van der Waals surface area contributed by atoms with Crippen LogP contribution in [0.5, 0.6) is 5.75 Å². The highest BCUT2D eigenvalue weighted by Crippen LogP contribution is 2.19. The monoisotopic (exact) mass is 269 g/mol.